The smallest absolute Gasteiger partial charge is 0.322 e. The summed E-state index contributed by atoms with van der Waals surface area (Å²) in [5.74, 6) is 0.701. The number of carbonyl (C=O) groups is 4. The van der Waals surface area contributed by atoms with Gasteiger partial charge in [0, 0.05) is 44.5 Å². The molecular weight excluding hydrogens is 530 g/mol. The molecule has 2 fully saturated rings. The van der Waals surface area contributed by atoms with Crippen LogP contribution in [-0.2, 0) is 20.9 Å². The molecule has 1 atom stereocenters. The predicted octanol–water partition coefficient (Wildman–Crippen LogP) is 5.44. The Hall–Kier alpha value is -2.94. The topological polar surface area (TPSA) is 102 Å². The molecule has 1 aromatic carbocycles. The number of nitrogens with zero attached hydrogens (tertiary/aromatic N) is 3. The molecule has 0 bridgehead atoms. The number of likely N-dealkylation sites (tertiary alicyclic amines) is 2. The van der Waals surface area contributed by atoms with Gasteiger partial charge in [-0.1, -0.05) is 71.1 Å². The van der Waals surface area contributed by atoms with Crippen LogP contribution < -0.4 is 10.6 Å². The molecule has 3 aliphatic rings. The molecule has 0 saturated carbocycles. The number of anilines is 1. The van der Waals surface area contributed by atoms with E-state index in [4.69, 9.17) is 4.79 Å². The van der Waals surface area contributed by atoms with E-state index in [1.54, 1.807) is 7.05 Å². The lowest BCUT2D eigenvalue weighted by molar-refractivity contribution is -0.140. The maximum atomic E-state index is 12.9. The summed E-state index contributed by atoms with van der Waals surface area (Å²) < 4.78 is 0. The van der Waals surface area contributed by atoms with Gasteiger partial charge in [-0.05, 0) is 57.2 Å². The minimum atomic E-state index is -0.474. The summed E-state index contributed by atoms with van der Waals surface area (Å²) in [4.78, 5) is 52.9. The second kappa shape index (κ2) is 19.3. The van der Waals surface area contributed by atoms with Gasteiger partial charge in [0.05, 0.1) is 12.5 Å². The third-order valence-corrected chi connectivity index (χ3v) is 8.45. The number of likely N-dealkylation sites (N-methyl/N-ethyl adjacent to an activating group) is 1. The molecule has 1 aromatic rings. The minimum absolute atomic E-state index is 0.00923. The summed E-state index contributed by atoms with van der Waals surface area (Å²) >= 11 is 0. The van der Waals surface area contributed by atoms with Crippen LogP contribution in [0.3, 0.4) is 0 Å². The largest absolute Gasteiger partial charge is 0.342 e. The van der Waals surface area contributed by atoms with Crippen LogP contribution in [0.15, 0.2) is 24.3 Å². The highest BCUT2D eigenvalue weighted by Crippen LogP contribution is 2.28. The average molecular weight is 586 g/mol. The van der Waals surface area contributed by atoms with Crippen LogP contribution in [0.25, 0.3) is 0 Å². The van der Waals surface area contributed by atoms with Gasteiger partial charge in [0.15, 0.2) is 0 Å². The highest BCUT2D eigenvalue weighted by molar-refractivity contribution is 5.92. The van der Waals surface area contributed by atoms with Gasteiger partial charge in [0.25, 0.3) is 0 Å². The Morgan fingerprint density at radius 2 is 1.55 bits per heavy atom. The number of hydrogen-bond donors (Lipinski definition) is 2. The molecule has 4 rings (SSSR count). The van der Waals surface area contributed by atoms with Gasteiger partial charge >= 0.3 is 6.03 Å². The molecule has 42 heavy (non-hydrogen) atoms. The summed E-state index contributed by atoms with van der Waals surface area (Å²) in [6, 6.07) is 7.45. The van der Waals surface area contributed by atoms with E-state index in [2.05, 4.69) is 31.4 Å². The Labute approximate surface area is 253 Å². The number of rotatable bonds is 9. The van der Waals surface area contributed by atoms with E-state index in [0.717, 1.165) is 56.3 Å². The Balaban J connectivity index is 0.000000534. The second-order valence-corrected chi connectivity index (χ2v) is 11.7. The van der Waals surface area contributed by atoms with E-state index in [1.807, 2.05) is 39.0 Å². The summed E-state index contributed by atoms with van der Waals surface area (Å²) in [6.45, 7) is 11.5. The SMILES string of the molecule is CC=O.CCCCCCC.CNC(CC(=O)N1CCC(N2Cc3ccccc3NC2=O)CC1)C(=O)N1CCC(C)CC1. The first-order chi connectivity index (χ1) is 20.3. The molecule has 236 valence electrons. The molecule has 0 aliphatic carbocycles. The molecule has 2 saturated heterocycles. The highest BCUT2D eigenvalue weighted by atomic mass is 16.2. The van der Waals surface area contributed by atoms with Crippen molar-refractivity contribution in [3.63, 3.8) is 0 Å². The summed E-state index contributed by atoms with van der Waals surface area (Å²) in [5.41, 5.74) is 2.00. The first kappa shape index (κ1) is 35.3. The van der Waals surface area contributed by atoms with Gasteiger partial charge in [0.2, 0.25) is 11.8 Å². The summed E-state index contributed by atoms with van der Waals surface area (Å²) in [7, 11) is 1.75. The fourth-order valence-corrected chi connectivity index (χ4v) is 5.69. The number of amides is 4. The third-order valence-electron chi connectivity index (χ3n) is 8.45. The Morgan fingerprint density at radius 3 is 2.12 bits per heavy atom. The molecule has 2 N–H and O–H groups in total. The number of piperidine rings is 2. The van der Waals surface area contributed by atoms with Crippen LogP contribution in [-0.4, -0.2) is 84.1 Å². The van der Waals surface area contributed by atoms with E-state index >= 15 is 0 Å². The van der Waals surface area contributed by atoms with Crippen LogP contribution >= 0.6 is 0 Å². The average Bonchev–Trinajstić information content (AvgIpc) is 3.00. The van der Waals surface area contributed by atoms with Gasteiger partial charge < -0.3 is 30.1 Å². The molecule has 0 spiro atoms. The standard InChI is InChI=1S/C24H35N5O3.C7H16.C2H4O/c1-17-7-11-28(12-8-17)23(31)21(25-2)15-22(30)27-13-9-19(10-14-27)29-16-18-5-3-4-6-20(18)26-24(29)32;1-3-5-7-6-4-2;1-2-3/h3-6,17,19,21,25H,7-16H2,1-2H3,(H,26,32);3-7H2,1-2H3;2H,1H3. The Kier molecular flexibility index (Phi) is 16.2. The second-order valence-electron chi connectivity index (χ2n) is 11.7. The third kappa shape index (κ3) is 11.0. The number of nitrogens with one attached hydrogen (secondary N) is 2. The van der Waals surface area contributed by atoms with Crippen LogP contribution in [0.2, 0.25) is 0 Å². The van der Waals surface area contributed by atoms with Crippen LogP contribution in [0.5, 0.6) is 0 Å². The van der Waals surface area contributed by atoms with Crippen molar-refractivity contribution in [1.82, 2.24) is 20.0 Å². The number of urea groups is 1. The quantitative estimate of drug-likeness (QED) is 0.297. The number of aldehydes is 1. The lowest BCUT2D eigenvalue weighted by Gasteiger charge is -2.41. The zero-order chi connectivity index (χ0) is 30.9. The maximum Gasteiger partial charge on any atom is 0.322 e. The van der Waals surface area contributed by atoms with Crippen LogP contribution in [0, 0.1) is 5.92 Å². The zero-order valence-electron chi connectivity index (χ0n) is 26.7. The lowest BCUT2D eigenvalue weighted by Crippen LogP contribution is -2.53. The van der Waals surface area contributed by atoms with Crippen molar-refractivity contribution in [2.24, 2.45) is 5.92 Å². The Bertz CT molecular complexity index is 967. The van der Waals surface area contributed by atoms with Gasteiger partial charge in [-0.15, -0.1) is 0 Å². The van der Waals surface area contributed by atoms with Gasteiger partial charge in [-0.3, -0.25) is 9.59 Å². The molecule has 3 aliphatic heterocycles. The van der Waals surface area contributed by atoms with Crippen molar-refractivity contribution in [2.75, 3.05) is 38.5 Å². The van der Waals surface area contributed by atoms with Gasteiger partial charge in [-0.25, -0.2) is 4.79 Å². The number of para-hydroxylation sites is 1. The van der Waals surface area contributed by atoms with E-state index in [1.165, 1.54) is 39.0 Å². The van der Waals surface area contributed by atoms with E-state index in [-0.39, 0.29) is 30.3 Å². The fraction of sp³-hybridized carbons (Fsp3) is 0.697. The molecule has 0 aromatic heterocycles. The van der Waals surface area contributed by atoms with Crippen molar-refractivity contribution >= 4 is 29.8 Å². The highest BCUT2D eigenvalue weighted by Gasteiger charge is 2.34. The first-order valence-corrected chi connectivity index (χ1v) is 16.1. The van der Waals surface area contributed by atoms with Crippen molar-refractivity contribution in [3.8, 4) is 0 Å². The van der Waals surface area contributed by atoms with E-state index in [9.17, 15) is 14.4 Å². The monoisotopic (exact) mass is 585 g/mol. The van der Waals surface area contributed by atoms with Crippen LogP contribution in [0.1, 0.15) is 97.5 Å². The van der Waals surface area contributed by atoms with Crippen molar-refractivity contribution in [1.29, 1.82) is 0 Å². The fourth-order valence-electron chi connectivity index (χ4n) is 5.69. The van der Waals surface area contributed by atoms with Crippen molar-refractivity contribution in [3.05, 3.63) is 29.8 Å². The molecular formula is C33H55N5O4. The molecule has 9 heteroatoms. The maximum absolute atomic E-state index is 12.9. The summed E-state index contributed by atoms with van der Waals surface area (Å²) in [5, 5.41) is 6.03. The molecule has 0 radical (unpaired) electrons. The number of hydrogen-bond acceptors (Lipinski definition) is 5. The number of benzene rings is 1. The van der Waals surface area contributed by atoms with Gasteiger partial charge in [-0.2, -0.15) is 0 Å². The number of carbonyl (C=O) groups excluding carboxylic acids is 4. The van der Waals surface area contributed by atoms with E-state index < -0.39 is 6.04 Å². The minimum Gasteiger partial charge on any atom is -0.342 e. The molecule has 4 amide bonds. The number of unbranched alkanes of at least 4 members (excludes halogenated alkanes) is 4. The Morgan fingerprint density at radius 1 is 0.976 bits per heavy atom. The first-order valence-electron chi connectivity index (χ1n) is 16.1. The van der Waals surface area contributed by atoms with Crippen LogP contribution in [0.4, 0.5) is 10.5 Å². The lowest BCUT2D eigenvalue weighted by atomic mass is 9.98. The van der Waals surface area contributed by atoms with Gasteiger partial charge in [0.1, 0.15) is 6.29 Å². The van der Waals surface area contributed by atoms with Crippen molar-refractivity contribution in [2.45, 2.75) is 111 Å². The zero-order valence-corrected chi connectivity index (χ0v) is 26.7. The van der Waals surface area contributed by atoms with Crippen molar-refractivity contribution < 1.29 is 19.2 Å². The molecule has 9 nitrogen and oxygen atoms in total. The number of fused-ring (bicyclic) bond motifs is 1. The normalized spacial score (nSPS) is 18.0. The molecule has 3 heterocycles. The predicted molar refractivity (Wildman–Crippen MR) is 169 cm³/mol. The van der Waals surface area contributed by atoms with E-state index in [0.29, 0.717) is 25.6 Å². The molecule has 1 unspecified atom stereocenters. The summed E-state index contributed by atoms with van der Waals surface area (Å²) in [6.07, 6.45) is 11.5.